The van der Waals surface area contributed by atoms with Gasteiger partial charge in [0, 0.05) is 22.7 Å². The Morgan fingerprint density at radius 3 is 2.84 bits per heavy atom. The van der Waals surface area contributed by atoms with Crippen LogP contribution in [0.25, 0.3) is 0 Å². The van der Waals surface area contributed by atoms with Crippen LogP contribution in [-0.2, 0) is 0 Å². The van der Waals surface area contributed by atoms with Gasteiger partial charge in [0.2, 0.25) is 0 Å². The van der Waals surface area contributed by atoms with E-state index in [0.717, 1.165) is 31.1 Å². The third-order valence-electron chi connectivity index (χ3n) is 4.01. The maximum atomic E-state index is 9.71. The first kappa shape index (κ1) is 14.9. The van der Waals surface area contributed by atoms with Crippen LogP contribution in [0.4, 0.5) is 0 Å². The quantitative estimate of drug-likeness (QED) is 0.619. The van der Waals surface area contributed by atoms with Crippen LogP contribution in [0.1, 0.15) is 32.6 Å². The maximum absolute atomic E-state index is 9.71. The predicted molar refractivity (Wildman–Crippen MR) is 82.6 cm³/mol. The number of benzene rings is 1. The van der Waals surface area contributed by atoms with Gasteiger partial charge in [-0.1, -0.05) is 38.0 Å². The van der Waals surface area contributed by atoms with Crippen LogP contribution in [0, 0.1) is 5.92 Å². The van der Waals surface area contributed by atoms with Crippen molar-refractivity contribution >= 4 is 11.8 Å². The van der Waals surface area contributed by atoms with Gasteiger partial charge in [0.1, 0.15) is 0 Å². The summed E-state index contributed by atoms with van der Waals surface area (Å²) in [5.41, 5.74) is -0.0189. The standard InChI is InChI=1S/C16H25NOS/c1-14-6-5-9-16(12-14,13-18)17-10-11-19-15-7-3-2-4-8-15/h2-4,7-8,14,17-18H,5-6,9-13H2,1H3. The van der Waals surface area contributed by atoms with Gasteiger partial charge in [-0.05, 0) is 30.9 Å². The zero-order valence-corrected chi connectivity index (χ0v) is 12.6. The molecule has 1 saturated carbocycles. The lowest BCUT2D eigenvalue weighted by molar-refractivity contribution is 0.102. The molecule has 0 heterocycles. The highest BCUT2D eigenvalue weighted by atomic mass is 32.2. The van der Waals surface area contributed by atoms with Gasteiger partial charge in [0.25, 0.3) is 0 Å². The molecule has 1 aromatic carbocycles. The number of hydrogen-bond acceptors (Lipinski definition) is 3. The Balaban J connectivity index is 1.74. The van der Waals surface area contributed by atoms with Crippen molar-refractivity contribution in [1.29, 1.82) is 0 Å². The van der Waals surface area contributed by atoms with Crippen molar-refractivity contribution in [2.24, 2.45) is 5.92 Å². The molecule has 0 bridgehead atoms. The van der Waals surface area contributed by atoms with E-state index in [9.17, 15) is 5.11 Å². The fraction of sp³-hybridized carbons (Fsp3) is 0.625. The molecule has 0 aliphatic heterocycles. The molecule has 0 saturated heterocycles. The van der Waals surface area contributed by atoms with Crippen LogP contribution in [-0.4, -0.2) is 29.5 Å². The topological polar surface area (TPSA) is 32.3 Å². The normalized spacial score (nSPS) is 27.4. The van der Waals surface area contributed by atoms with Crippen molar-refractivity contribution in [3.05, 3.63) is 30.3 Å². The lowest BCUT2D eigenvalue weighted by Crippen LogP contribution is -2.52. The van der Waals surface area contributed by atoms with E-state index in [2.05, 4.69) is 36.5 Å². The van der Waals surface area contributed by atoms with Crippen molar-refractivity contribution in [3.63, 3.8) is 0 Å². The molecule has 0 radical (unpaired) electrons. The van der Waals surface area contributed by atoms with Gasteiger partial charge < -0.3 is 10.4 Å². The molecule has 1 aromatic rings. The summed E-state index contributed by atoms with van der Waals surface area (Å²) in [7, 11) is 0. The summed E-state index contributed by atoms with van der Waals surface area (Å²) < 4.78 is 0. The van der Waals surface area contributed by atoms with E-state index in [-0.39, 0.29) is 12.1 Å². The lowest BCUT2D eigenvalue weighted by atomic mass is 9.77. The van der Waals surface area contributed by atoms with Crippen LogP contribution in [0.2, 0.25) is 0 Å². The number of aliphatic hydroxyl groups is 1. The highest BCUT2D eigenvalue weighted by Gasteiger charge is 2.33. The van der Waals surface area contributed by atoms with Crippen LogP contribution in [0.5, 0.6) is 0 Å². The van der Waals surface area contributed by atoms with E-state index in [4.69, 9.17) is 0 Å². The van der Waals surface area contributed by atoms with Crippen LogP contribution in [0.15, 0.2) is 35.2 Å². The Morgan fingerprint density at radius 1 is 1.37 bits per heavy atom. The minimum Gasteiger partial charge on any atom is -0.394 e. The van der Waals surface area contributed by atoms with Gasteiger partial charge in [-0.15, -0.1) is 11.8 Å². The average molecular weight is 279 g/mol. The SMILES string of the molecule is CC1CCCC(CO)(NCCSc2ccccc2)C1. The summed E-state index contributed by atoms with van der Waals surface area (Å²) in [5, 5.41) is 13.3. The first-order valence-electron chi connectivity index (χ1n) is 7.28. The monoisotopic (exact) mass is 279 g/mol. The second-order valence-corrected chi connectivity index (χ2v) is 6.90. The van der Waals surface area contributed by atoms with Gasteiger partial charge in [-0.3, -0.25) is 0 Å². The van der Waals surface area contributed by atoms with Gasteiger partial charge in [-0.2, -0.15) is 0 Å². The second kappa shape index (κ2) is 7.32. The molecule has 2 atom stereocenters. The molecular formula is C16H25NOS. The molecule has 1 fully saturated rings. The Labute approximate surface area is 121 Å². The Bertz CT molecular complexity index is 370. The van der Waals surface area contributed by atoms with Crippen molar-refractivity contribution in [2.75, 3.05) is 18.9 Å². The molecule has 0 aromatic heterocycles. The van der Waals surface area contributed by atoms with Crippen molar-refractivity contribution in [3.8, 4) is 0 Å². The third-order valence-corrected chi connectivity index (χ3v) is 5.02. The number of rotatable bonds is 6. The van der Waals surface area contributed by atoms with Crippen LogP contribution in [0.3, 0.4) is 0 Å². The number of nitrogens with one attached hydrogen (secondary N) is 1. The fourth-order valence-corrected chi connectivity index (χ4v) is 3.81. The smallest absolute Gasteiger partial charge is 0.0613 e. The molecule has 1 aliphatic rings. The Hall–Kier alpha value is -0.510. The minimum absolute atomic E-state index is 0.0189. The zero-order chi connectivity index (χ0) is 13.6. The average Bonchev–Trinajstić information content (AvgIpc) is 2.45. The van der Waals surface area contributed by atoms with E-state index in [1.165, 1.54) is 17.7 Å². The number of aliphatic hydroxyl groups excluding tert-OH is 1. The largest absolute Gasteiger partial charge is 0.394 e. The third kappa shape index (κ3) is 4.51. The van der Waals surface area contributed by atoms with Crippen molar-refractivity contribution < 1.29 is 5.11 Å². The van der Waals surface area contributed by atoms with Gasteiger partial charge in [0.05, 0.1) is 6.61 Å². The first-order chi connectivity index (χ1) is 9.24. The molecule has 106 valence electrons. The number of hydrogen-bond donors (Lipinski definition) is 2. The lowest BCUT2D eigenvalue weighted by Gasteiger charge is -2.39. The fourth-order valence-electron chi connectivity index (χ4n) is 3.02. The van der Waals surface area contributed by atoms with Crippen LogP contribution < -0.4 is 5.32 Å². The Kier molecular flexibility index (Phi) is 5.74. The maximum Gasteiger partial charge on any atom is 0.0613 e. The van der Waals surface area contributed by atoms with Crippen LogP contribution >= 0.6 is 11.8 Å². The summed E-state index contributed by atoms with van der Waals surface area (Å²) in [6, 6.07) is 10.5. The first-order valence-corrected chi connectivity index (χ1v) is 8.26. The highest BCUT2D eigenvalue weighted by Crippen LogP contribution is 2.32. The molecule has 2 unspecified atom stereocenters. The molecule has 0 spiro atoms. The van der Waals surface area contributed by atoms with Gasteiger partial charge >= 0.3 is 0 Å². The molecule has 2 rings (SSSR count). The van der Waals surface area contributed by atoms with E-state index >= 15 is 0 Å². The van der Waals surface area contributed by atoms with Gasteiger partial charge in [0.15, 0.2) is 0 Å². The molecule has 0 amide bonds. The van der Waals surface area contributed by atoms with Crippen molar-refractivity contribution in [1.82, 2.24) is 5.32 Å². The summed E-state index contributed by atoms with van der Waals surface area (Å²) in [5.74, 6) is 1.79. The summed E-state index contributed by atoms with van der Waals surface area (Å²) in [6.07, 6.45) is 4.77. The van der Waals surface area contributed by atoms with Crippen molar-refractivity contribution in [2.45, 2.75) is 43.0 Å². The minimum atomic E-state index is -0.0189. The summed E-state index contributed by atoms with van der Waals surface area (Å²) in [4.78, 5) is 1.32. The molecule has 2 N–H and O–H groups in total. The predicted octanol–water partition coefficient (Wildman–Crippen LogP) is 3.31. The van der Waals surface area contributed by atoms with Gasteiger partial charge in [-0.25, -0.2) is 0 Å². The zero-order valence-electron chi connectivity index (χ0n) is 11.8. The second-order valence-electron chi connectivity index (χ2n) is 5.73. The van der Waals surface area contributed by atoms with E-state index < -0.39 is 0 Å². The number of thioether (sulfide) groups is 1. The molecule has 2 nitrogen and oxygen atoms in total. The van der Waals surface area contributed by atoms with E-state index in [1.807, 2.05) is 17.8 Å². The highest BCUT2D eigenvalue weighted by molar-refractivity contribution is 7.99. The van der Waals surface area contributed by atoms with E-state index in [0.29, 0.717) is 0 Å². The molecule has 19 heavy (non-hydrogen) atoms. The molecular weight excluding hydrogens is 254 g/mol. The Morgan fingerprint density at radius 2 is 2.16 bits per heavy atom. The van der Waals surface area contributed by atoms with E-state index in [1.54, 1.807) is 0 Å². The summed E-state index contributed by atoms with van der Waals surface area (Å²) in [6.45, 7) is 3.53. The summed E-state index contributed by atoms with van der Waals surface area (Å²) >= 11 is 1.87. The molecule has 1 aliphatic carbocycles. The molecule has 3 heteroatoms.